The summed E-state index contributed by atoms with van der Waals surface area (Å²) in [5, 5.41) is 5.34. The Morgan fingerprint density at radius 3 is 2.60 bits per heavy atom. The van der Waals surface area contributed by atoms with Gasteiger partial charge in [0, 0.05) is 54.4 Å². The van der Waals surface area contributed by atoms with Crippen molar-refractivity contribution in [3.05, 3.63) is 77.2 Å². The smallest absolute Gasteiger partial charge is 0.461 e. The summed E-state index contributed by atoms with van der Waals surface area (Å²) in [6.07, 6.45) is -2.34. The zero-order valence-corrected chi connectivity index (χ0v) is 25.5. The lowest BCUT2D eigenvalue weighted by Crippen LogP contribution is -2.59. The monoisotopic (exact) mass is 642 g/mol. The summed E-state index contributed by atoms with van der Waals surface area (Å²) < 4.78 is 46.1. The second kappa shape index (κ2) is 12.8. The van der Waals surface area contributed by atoms with Crippen molar-refractivity contribution in [3.63, 3.8) is 0 Å². The third-order valence-electron chi connectivity index (χ3n) is 8.23. The van der Waals surface area contributed by atoms with Crippen LogP contribution in [0.25, 0.3) is 11.0 Å². The number of nitrogens with one attached hydrogen (secondary N) is 1. The van der Waals surface area contributed by atoms with E-state index in [4.69, 9.17) is 9.25 Å². The highest BCUT2D eigenvalue weighted by molar-refractivity contribution is 8.00. The molecule has 1 aromatic heterocycles. The van der Waals surface area contributed by atoms with Crippen LogP contribution in [0.1, 0.15) is 43.4 Å². The molecule has 3 heterocycles. The van der Waals surface area contributed by atoms with Crippen LogP contribution in [0.5, 0.6) is 0 Å². The number of aryl methyl sites for hydroxylation is 1. The van der Waals surface area contributed by atoms with Crippen LogP contribution in [0.2, 0.25) is 0 Å². The summed E-state index contributed by atoms with van der Waals surface area (Å²) in [4.78, 5) is 47.4. The van der Waals surface area contributed by atoms with Crippen molar-refractivity contribution < 1.29 is 36.8 Å². The Kier molecular flexibility index (Phi) is 8.82. The standard InChI is InChI=1S/C32H33F3N4O5S/c1-20-17-21-7-5-8-22(28(21)43-20)18-36-15-13-27(40)37-16-14-26-25(19-37)29(41)38(23-9-3-2-4-10-23)31(45-24-11-6-12-24)39(26)44-30(42)32(33,34)35/h2-5,7-10,17,24,31,36H,6,11-16,18-19H2,1H3. The van der Waals surface area contributed by atoms with E-state index in [1.807, 2.05) is 31.2 Å². The molecule has 0 spiro atoms. The average Bonchev–Trinajstić information content (AvgIpc) is 3.39. The highest BCUT2D eigenvalue weighted by Gasteiger charge is 2.50. The minimum atomic E-state index is -5.23. The van der Waals surface area contributed by atoms with Gasteiger partial charge in [-0.3, -0.25) is 14.5 Å². The molecule has 1 N–H and O–H groups in total. The van der Waals surface area contributed by atoms with Crippen LogP contribution >= 0.6 is 11.8 Å². The van der Waals surface area contributed by atoms with Gasteiger partial charge < -0.3 is 19.5 Å². The van der Waals surface area contributed by atoms with Gasteiger partial charge in [-0.2, -0.15) is 18.2 Å². The molecule has 2 aliphatic heterocycles. The van der Waals surface area contributed by atoms with Gasteiger partial charge in [0.2, 0.25) is 5.91 Å². The maximum absolute atomic E-state index is 14.1. The third-order valence-corrected chi connectivity index (χ3v) is 9.73. The fourth-order valence-electron chi connectivity index (χ4n) is 5.72. The number of benzene rings is 2. The van der Waals surface area contributed by atoms with E-state index in [-0.39, 0.29) is 48.4 Å². The number of para-hydroxylation sites is 2. The molecule has 0 bridgehead atoms. The molecule has 1 fully saturated rings. The Morgan fingerprint density at radius 2 is 1.89 bits per heavy atom. The number of hydrogen-bond donors (Lipinski definition) is 1. The van der Waals surface area contributed by atoms with E-state index >= 15 is 0 Å². The number of hydroxylamine groups is 2. The van der Waals surface area contributed by atoms with E-state index < -0.39 is 23.6 Å². The van der Waals surface area contributed by atoms with Crippen LogP contribution in [0.4, 0.5) is 18.9 Å². The van der Waals surface area contributed by atoms with Crippen LogP contribution in [0.15, 0.2) is 70.3 Å². The largest absolute Gasteiger partial charge is 0.493 e. The van der Waals surface area contributed by atoms with Gasteiger partial charge in [-0.05, 0) is 38.0 Å². The third kappa shape index (κ3) is 6.55. The van der Waals surface area contributed by atoms with Crippen molar-refractivity contribution in [2.75, 3.05) is 24.5 Å². The Hall–Kier alpha value is -3.97. The van der Waals surface area contributed by atoms with Gasteiger partial charge in [0.1, 0.15) is 11.3 Å². The van der Waals surface area contributed by atoms with E-state index in [1.54, 1.807) is 30.3 Å². The van der Waals surface area contributed by atoms with E-state index in [0.29, 0.717) is 18.8 Å². The zero-order chi connectivity index (χ0) is 31.7. The molecule has 1 aliphatic carbocycles. The molecular formula is C32H33F3N4O5S. The maximum Gasteiger partial charge on any atom is 0.493 e. The molecule has 45 heavy (non-hydrogen) atoms. The molecular weight excluding hydrogens is 609 g/mol. The highest BCUT2D eigenvalue weighted by atomic mass is 32.2. The van der Waals surface area contributed by atoms with Crippen LogP contribution in [-0.2, 0) is 25.8 Å². The molecule has 0 saturated heterocycles. The topological polar surface area (TPSA) is 95.3 Å². The minimum Gasteiger partial charge on any atom is -0.461 e. The van der Waals surface area contributed by atoms with Crippen LogP contribution in [-0.4, -0.2) is 64.3 Å². The lowest BCUT2D eigenvalue weighted by Gasteiger charge is -2.48. The predicted molar refractivity (Wildman–Crippen MR) is 162 cm³/mol. The van der Waals surface area contributed by atoms with Gasteiger partial charge >= 0.3 is 12.1 Å². The normalized spacial score (nSPS) is 19.2. The fourth-order valence-corrected chi connectivity index (χ4v) is 7.29. The Morgan fingerprint density at radius 1 is 1.11 bits per heavy atom. The molecule has 13 heteroatoms. The first-order valence-electron chi connectivity index (χ1n) is 14.9. The van der Waals surface area contributed by atoms with Crippen LogP contribution in [0.3, 0.4) is 0 Å². The first kappa shape index (κ1) is 31.0. The molecule has 238 valence electrons. The SMILES string of the molecule is Cc1cc2cccc(CNCCC(=O)N3CCC4=C(C3)C(=O)N(c3ccccc3)C(SC3CCC3)N4OC(=O)C(F)(F)F)c2o1. The Bertz CT molecular complexity index is 1620. The molecule has 1 saturated carbocycles. The number of nitrogens with zero attached hydrogens (tertiary/aromatic N) is 3. The summed E-state index contributed by atoms with van der Waals surface area (Å²) in [5.74, 6) is -2.18. The van der Waals surface area contributed by atoms with Gasteiger partial charge in [-0.25, -0.2) is 4.79 Å². The molecule has 2 aromatic carbocycles. The molecule has 6 rings (SSSR count). The number of fused-ring (bicyclic) bond motifs is 1. The van der Waals surface area contributed by atoms with Crippen molar-refractivity contribution >= 4 is 46.2 Å². The summed E-state index contributed by atoms with van der Waals surface area (Å²) in [6.45, 7) is 2.82. The van der Waals surface area contributed by atoms with Crippen molar-refractivity contribution in [2.24, 2.45) is 0 Å². The summed E-state index contributed by atoms with van der Waals surface area (Å²) >= 11 is 1.31. The number of alkyl halides is 3. The van der Waals surface area contributed by atoms with Gasteiger partial charge in [-0.15, -0.1) is 11.8 Å². The molecule has 0 radical (unpaired) electrons. The lowest BCUT2D eigenvalue weighted by atomic mass is 10.00. The van der Waals surface area contributed by atoms with E-state index in [0.717, 1.165) is 46.6 Å². The maximum atomic E-state index is 14.1. The Labute approximate surface area is 262 Å². The molecule has 3 aromatic rings. The number of amides is 2. The van der Waals surface area contributed by atoms with E-state index in [1.165, 1.54) is 21.6 Å². The fraction of sp³-hybridized carbons (Fsp3) is 0.406. The molecule has 9 nitrogen and oxygen atoms in total. The second-order valence-electron chi connectivity index (χ2n) is 11.3. The molecule has 1 unspecified atom stereocenters. The average molecular weight is 643 g/mol. The molecule has 2 amide bonds. The van der Waals surface area contributed by atoms with E-state index in [9.17, 15) is 27.6 Å². The number of halogens is 3. The number of carbonyl (C=O) groups excluding carboxylic acids is 3. The second-order valence-corrected chi connectivity index (χ2v) is 12.7. The number of furan rings is 1. The number of anilines is 1. The molecule has 3 aliphatic rings. The molecule has 1 atom stereocenters. The predicted octanol–water partition coefficient (Wildman–Crippen LogP) is 5.65. The van der Waals surface area contributed by atoms with Gasteiger partial charge in [0.15, 0.2) is 5.50 Å². The van der Waals surface area contributed by atoms with Gasteiger partial charge in [-0.1, -0.05) is 42.8 Å². The van der Waals surface area contributed by atoms with Gasteiger partial charge in [0.05, 0.1) is 17.8 Å². The minimum absolute atomic E-state index is 0.0651. The highest BCUT2D eigenvalue weighted by Crippen LogP contribution is 2.44. The van der Waals surface area contributed by atoms with Crippen molar-refractivity contribution in [1.82, 2.24) is 15.3 Å². The zero-order valence-electron chi connectivity index (χ0n) is 24.6. The number of hydrogen-bond acceptors (Lipinski definition) is 8. The van der Waals surface area contributed by atoms with Crippen molar-refractivity contribution in [3.8, 4) is 0 Å². The number of rotatable bonds is 9. The quantitative estimate of drug-likeness (QED) is 0.300. The van der Waals surface area contributed by atoms with Crippen molar-refractivity contribution in [1.29, 1.82) is 0 Å². The van der Waals surface area contributed by atoms with Crippen LogP contribution in [0, 0.1) is 6.92 Å². The summed E-state index contributed by atoms with van der Waals surface area (Å²) in [6, 6.07) is 16.4. The van der Waals surface area contributed by atoms with Crippen molar-refractivity contribution in [2.45, 2.75) is 62.5 Å². The number of carbonyl (C=O) groups is 3. The first-order chi connectivity index (χ1) is 21.6. The lowest BCUT2D eigenvalue weighted by molar-refractivity contribution is -0.235. The summed E-state index contributed by atoms with van der Waals surface area (Å²) in [5.41, 5.74) is 1.53. The Balaban J connectivity index is 1.20. The summed E-state index contributed by atoms with van der Waals surface area (Å²) in [7, 11) is 0. The number of thioether (sulfide) groups is 1. The van der Waals surface area contributed by atoms with Gasteiger partial charge in [0.25, 0.3) is 5.91 Å². The first-order valence-corrected chi connectivity index (χ1v) is 15.9. The van der Waals surface area contributed by atoms with Crippen LogP contribution < -0.4 is 10.2 Å². The van der Waals surface area contributed by atoms with E-state index in [2.05, 4.69) is 5.32 Å².